The Labute approximate surface area is 233 Å². The molecule has 1 unspecified atom stereocenters. The fraction of sp³-hybridized carbons (Fsp3) is 0.143. The number of nitrogens with zero attached hydrogens (tertiary/aromatic N) is 3. The van der Waals surface area contributed by atoms with Gasteiger partial charge >= 0.3 is 0 Å². The van der Waals surface area contributed by atoms with Gasteiger partial charge in [-0.1, -0.05) is 60.7 Å². The highest BCUT2D eigenvalue weighted by molar-refractivity contribution is 6.09. The van der Waals surface area contributed by atoms with E-state index in [1.54, 1.807) is 18.6 Å². The number of carbonyl (C=O) groups is 1. The number of nitrogens with one attached hydrogen (secondary N) is 1. The summed E-state index contributed by atoms with van der Waals surface area (Å²) < 4.78 is 0. The minimum Gasteiger partial charge on any atom is -0.324 e. The Hall–Kier alpha value is -4.90. The SMILES string of the molecule is Cc1ccc(C(=O)C2CCc3c(ccc4c3ccc3ccccc34)C2)cc1Nc1nccc(-c2cccnc2)n1. The number of aromatic nitrogens is 3. The van der Waals surface area contributed by atoms with E-state index in [4.69, 9.17) is 0 Å². The van der Waals surface area contributed by atoms with Crippen molar-refractivity contribution in [3.05, 3.63) is 126 Å². The lowest BCUT2D eigenvalue weighted by Crippen LogP contribution is -2.23. The van der Waals surface area contributed by atoms with Gasteiger partial charge < -0.3 is 5.32 Å². The smallest absolute Gasteiger partial charge is 0.227 e. The Balaban J connectivity index is 1.14. The zero-order chi connectivity index (χ0) is 27.1. The maximum Gasteiger partial charge on any atom is 0.227 e. The number of hydrogen-bond donors (Lipinski definition) is 1. The molecule has 7 rings (SSSR count). The summed E-state index contributed by atoms with van der Waals surface area (Å²) in [7, 11) is 0. The molecule has 2 aromatic heterocycles. The van der Waals surface area contributed by atoms with Crippen LogP contribution in [0, 0.1) is 12.8 Å². The fourth-order valence-electron chi connectivity index (χ4n) is 5.95. The molecule has 0 spiro atoms. The van der Waals surface area contributed by atoms with E-state index in [0.717, 1.165) is 47.3 Å². The van der Waals surface area contributed by atoms with Crippen LogP contribution < -0.4 is 5.32 Å². The van der Waals surface area contributed by atoms with Crippen molar-refractivity contribution < 1.29 is 4.79 Å². The Bertz CT molecular complexity index is 1900. The first-order chi connectivity index (χ1) is 19.6. The maximum absolute atomic E-state index is 13.7. The van der Waals surface area contributed by atoms with Crippen LogP contribution in [0.4, 0.5) is 11.6 Å². The van der Waals surface area contributed by atoms with E-state index in [2.05, 4.69) is 68.8 Å². The zero-order valence-electron chi connectivity index (χ0n) is 22.3. The quantitative estimate of drug-likeness (QED) is 0.185. The number of aryl methyl sites for hydroxylation is 2. The largest absolute Gasteiger partial charge is 0.324 e. The number of hydrogen-bond acceptors (Lipinski definition) is 5. The van der Waals surface area contributed by atoms with Crippen molar-refractivity contribution in [3.63, 3.8) is 0 Å². The molecule has 6 aromatic rings. The summed E-state index contributed by atoms with van der Waals surface area (Å²) in [6, 6.07) is 29.1. The van der Waals surface area contributed by atoms with Gasteiger partial charge in [-0.25, -0.2) is 9.97 Å². The van der Waals surface area contributed by atoms with Crippen molar-refractivity contribution in [1.29, 1.82) is 0 Å². The molecule has 0 bridgehead atoms. The first-order valence-electron chi connectivity index (χ1n) is 13.7. The average Bonchev–Trinajstić information content (AvgIpc) is 3.01. The van der Waals surface area contributed by atoms with E-state index in [0.29, 0.717) is 5.95 Å². The van der Waals surface area contributed by atoms with Gasteiger partial charge in [0, 0.05) is 41.3 Å². The van der Waals surface area contributed by atoms with Crippen molar-refractivity contribution in [3.8, 4) is 11.3 Å². The first kappa shape index (κ1) is 24.2. The second-order valence-electron chi connectivity index (χ2n) is 10.6. The molecule has 0 amide bonds. The number of anilines is 2. The fourth-order valence-corrected chi connectivity index (χ4v) is 5.95. The average molecular weight is 521 g/mol. The molecule has 0 fully saturated rings. The molecule has 0 saturated heterocycles. The van der Waals surface area contributed by atoms with Crippen LogP contribution >= 0.6 is 0 Å². The molecule has 5 heteroatoms. The third-order valence-electron chi connectivity index (χ3n) is 8.10. The standard InChI is InChI=1S/C35H28N4O/c1-22-8-9-26(20-33(22)39-35-37-18-16-32(38-35)27-6-4-17-36-21-27)34(40)25-12-13-29-24(19-25)11-15-30-28-7-3-2-5-23(28)10-14-31(29)30/h2-11,14-18,20-21,25H,12-13,19H2,1H3,(H,37,38,39). The molecule has 4 aromatic carbocycles. The lowest BCUT2D eigenvalue weighted by Gasteiger charge is -2.25. The molecule has 5 nitrogen and oxygen atoms in total. The number of Topliss-reactive ketones (excluding diaryl/α,β-unsaturated/α-hetero) is 1. The highest BCUT2D eigenvalue weighted by atomic mass is 16.1. The van der Waals surface area contributed by atoms with Crippen LogP contribution in [0.1, 0.15) is 33.5 Å². The van der Waals surface area contributed by atoms with Gasteiger partial charge in [-0.2, -0.15) is 0 Å². The number of fused-ring (bicyclic) bond motifs is 5. The third kappa shape index (κ3) is 4.39. The van der Waals surface area contributed by atoms with Gasteiger partial charge in [0.05, 0.1) is 5.69 Å². The van der Waals surface area contributed by atoms with E-state index in [1.165, 1.54) is 32.7 Å². The van der Waals surface area contributed by atoms with Crippen molar-refractivity contribution in [2.24, 2.45) is 5.92 Å². The molecule has 0 aliphatic heterocycles. The van der Waals surface area contributed by atoms with E-state index in [1.807, 2.05) is 43.3 Å². The highest BCUT2D eigenvalue weighted by Gasteiger charge is 2.27. The minimum absolute atomic E-state index is 0.0360. The van der Waals surface area contributed by atoms with Crippen LogP contribution in [0.5, 0.6) is 0 Å². The number of carbonyl (C=O) groups excluding carboxylic acids is 1. The number of rotatable bonds is 5. The summed E-state index contributed by atoms with van der Waals surface area (Å²) in [6.45, 7) is 2.02. The summed E-state index contributed by atoms with van der Waals surface area (Å²) in [6.07, 6.45) is 7.78. The number of benzene rings is 4. The van der Waals surface area contributed by atoms with Crippen LogP contribution in [-0.2, 0) is 12.8 Å². The lowest BCUT2D eigenvalue weighted by molar-refractivity contribution is 0.0909. The second-order valence-corrected chi connectivity index (χ2v) is 10.6. The molecule has 1 N–H and O–H groups in total. The van der Waals surface area contributed by atoms with E-state index in [9.17, 15) is 4.79 Å². The summed E-state index contributed by atoms with van der Waals surface area (Å²) in [4.78, 5) is 27.0. The number of ketones is 1. The van der Waals surface area contributed by atoms with Gasteiger partial charge in [0.15, 0.2) is 5.78 Å². The van der Waals surface area contributed by atoms with Crippen LogP contribution in [0.2, 0.25) is 0 Å². The summed E-state index contributed by atoms with van der Waals surface area (Å²) in [5.74, 6) is 0.642. The van der Waals surface area contributed by atoms with E-state index < -0.39 is 0 Å². The van der Waals surface area contributed by atoms with Gasteiger partial charge in [-0.15, -0.1) is 0 Å². The molecule has 194 valence electrons. The number of pyridine rings is 1. The van der Waals surface area contributed by atoms with Gasteiger partial charge in [0.1, 0.15) is 0 Å². The van der Waals surface area contributed by atoms with E-state index >= 15 is 0 Å². The second kappa shape index (κ2) is 10.0. The molecule has 0 saturated carbocycles. The Morgan fingerprint density at radius 2 is 1.77 bits per heavy atom. The lowest BCUT2D eigenvalue weighted by atomic mass is 9.78. The highest BCUT2D eigenvalue weighted by Crippen LogP contribution is 2.36. The van der Waals surface area contributed by atoms with Gasteiger partial charge in [-0.3, -0.25) is 9.78 Å². The molecular formula is C35H28N4O. The maximum atomic E-state index is 13.7. The summed E-state index contributed by atoms with van der Waals surface area (Å²) in [5.41, 5.74) is 6.98. The first-order valence-corrected chi connectivity index (χ1v) is 13.7. The topological polar surface area (TPSA) is 67.8 Å². The van der Waals surface area contributed by atoms with Gasteiger partial charge in [0.2, 0.25) is 5.95 Å². The Morgan fingerprint density at radius 3 is 2.67 bits per heavy atom. The predicted octanol–water partition coefficient (Wildman–Crippen LogP) is 7.88. The van der Waals surface area contributed by atoms with Gasteiger partial charge in [-0.05, 0) is 88.7 Å². The normalized spacial score (nSPS) is 14.7. The van der Waals surface area contributed by atoms with Gasteiger partial charge in [0.25, 0.3) is 0 Å². The summed E-state index contributed by atoms with van der Waals surface area (Å²) >= 11 is 0. The van der Waals surface area contributed by atoms with Crippen molar-refractivity contribution >= 4 is 39.0 Å². The van der Waals surface area contributed by atoms with Crippen molar-refractivity contribution in [2.45, 2.75) is 26.2 Å². The molecule has 40 heavy (non-hydrogen) atoms. The Kier molecular flexibility index (Phi) is 6.05. The molecular weight excluding hydrogens is 492 g/mol. The molecule has 1 atom stereocenters. The van der Waals surface area contributed by atoms with Crippen LogP contribution in [0.3, 0.4) is 0 Å². The zero-order valence-corrected chi connectivity index (χ0v) is 22.3. The van der Waals surface area contributed by atoms with Crippen molar-refractivity contribution in [2.75, 3.05) is 5.32 Å². The molecule has 1 aliphatic carbocycles. The van der Waals surface area contributed by atoms with Crippen LogP contribution in [0.25, 0.3) is 32.8 Å². The van der Waals surface area contributed by atoms with Crippen LogP contribution in [-0.4, -0.2) is 20.7 Å². The van der Waals surface area contributed by atoms with Crippen LogP contribution in [0.15, 0.2) is 104 Å². The third-order valence-corrected chi connectivity index (χ3v) is 8.10. The predicted molar refractivity (Wildman–Crippen MR) is 161 cm³/mol. The molecule has 1 aliphatic rings. The summed E-state index contributed by atoms with van der Waals surface area (Å²) in [5, 5.41) is 8.50. The minimum atomic E-state index is -0.0360. The van der Waals surface area contributed by atoms with Crippen molar-refractivity contribution in [1.82, 2.24) is 15.0 Å². The monoisotopic (exact) mass is 520 g/mol. The van der Waals surface area contributed by atoms with E-state index in [-0.39, 0.29) is 11.7 Å². The molecule has 2 heterocycles. The Morgan fingerprint density at radius 1 is 0.875 bits per heavy atom. The molecule has 0 radical (unpaired) electrons.